The highest BCUT2D eigenvalue weighted by Crippen LogP contribution is 2.21. The number of nitrogens with two attached hydrogens (primary N) is 1. The number of hydrogen-bond donors (Lipinski definition) is 2. The molecule has 26 heavy (non-hydrogen) atoms. The Morgan fingerprint density at radius 1 is 1.46 bits per heavy atom. The van der Waals surface area contributed by atoms with Crippen LogP contribution in [0.15, 0.2) is 29.3 Å². The summed E-state index contributed by atoms with van der Waals surface area (Å²) in [7, 11) is 1.75. The highest BCUT2D eigenvalue weighted by molar-refractivity contribution is 14.0. The van der Waals surface area contributed by atoms with Crippen molar-refractivity contribution in [2.75, 3.05) is 32.4 Å². The summed E-state index contributed by atoms with van der Waals surface area (Å²) in [6, 6.07) is 6.17. The van der Waals surface area contributed by atoms with E-state index >= 15 is 0 Å². The maximum Gasteiger partial charge on any atom is 0.222 e. The molecule has 146 valence electrons. The molecule has 2 rings (SSSR count). The Morgan fingerprint density at radius 2 is 2.15 bits per heavy atom. The lowest BCUT2D eigenvalue weighted by Gasteiger charge is -2.34. The van der Waals surface area contributed by atoms with Crippen molar-refractivity contribution in [1.29, 1.82) is 0 Å². The van der Waals surface area contributed by atoms with E-state index in [-0.39, 0.29) is 41.6 Å². The molecule has 8 heteroatoms. The number of benzene rings is 1. The molecule has 0 aliphatic carbocycles. The fourth-order valence-corrected chi connectivity index (χ4v) is 4.06. The van der Waals surface area contributed by atoms with Gasteiger partial charge in [0.05, 0.1) is 5.92 Å². The minimum absolute atomic E-state index is 0. The summed E-state index contributed by atoms with van der Waals surface area (Å²) in [6.45, 7) is 4.52. The van der Waals surface area contributed by atoms with E-state index in [9.17, 15) is 9.18 Å². The highest BCUT2D eigenvalue weighted by atomic mass is 127. The minimum atomic E-state index is -0.372. The van der Waals surface area contributed by atoms with Gasteiger partial charge in [-0.05, 0) is 30.5 Å². The van der Waals surface area contributed by atoms with Crippen LogP contribution in [0.5, 0.6) is 0 Å². The Labute approximate surface area is 176 Å². The number of nitrogens with zero attached hydrogens (tertiary/aromatic N) is 2. The van der Waals surface area contributed by atoms with Gasteiger partial charge in [0.2, 0.25) is 5.91 Å². The minimum Gasteiger partial charge on any atom is -0.369 e. The van der Waals surface area contributed by atoms with Crippen molar-refractivity contribution in [3.63, 3.8) is 0 Å². The van der Waals surface area contributed by atoms with Crippen LogP contribution >= 0.6 is 35.7 Å². The third kappa shape index (κ3) is 6.94. The highest BCUT2D eigenvalue weighted by Gasteiger charge is 2.23. The van der Waals surface area contributed by atoms with E-state index in [1.54, 1.807) is 19.2 Å². The molecule has 1 heterocycles. The first kappa shape index (κ1) is 23.0. The van der Waals surface area contributed by atoms with Gasteiger partial charge in [0.15, 0.2) is 5.96 Å². The number of nitrogens with one attached hydrogen (secondary N) is 1. The standard InChI is InChI=1S/C18H27FN4OS.HI/c1-3-16-12-23(8-9-25-16)18(21-2)22-11-14(17(20)24)10-13-4-6-15(19)7-5-13;/h4-7,14,16H,3,8-12H2,1-2H3,(H2,20,24)(H,21,22);1H. The van der Waals surface area contributed by atoms with Gasteiger partial charge in [-0.2, -0.15) is 11.8 Å². The third-order valence-corrected chi connectivity index (χ3v) is 5.78. The zero-order valence-electron chi connectivity index (χ0n) is 15.3. The molecular weight excluding hydrogens is 466 g/mol. The van der Waals surface area contributed by atoms with E-state index < -0.39 is 0 Å². The first-order chi connectivity index (χ1) is 12.0. The monoisotopic (exact) mass is 494 g/mol. The average Bonchev–Trinajstić information content (AvgIpc) is 2.63. The lowest BCUT2D eigenvalue weighted by molar-refractivity contribution is -0.121. The largest absolute Gasteiger partial charge is 0.369 e. The molecule has 3 N–H and O–H groups in total. The van der Waals surface area contributed by atoms with Gasteiger partial charge in [-0.3, -0.25) is 9.79 Å². The number of hydrogen-bond acceptors (Lipinski definition) is 3. The predicted molar refractivity (Wildman–Crippen MR) is 118 cm³/mol. The van der Waals surface area contributed by atoms with E-state index in [1.807, 2.05) is 11.8 Å². The summed E-state index contributed by atoms with van der Waals surface area (Å²) in [6.07, 6.45) is 1.61. The number of carbonyl (C=O) groups is 1. The van der Waals surface area contributed by atoms with Gasteiger partial charge in [-0.1, -0.05) is 19.1 Å². The molecule has 1 aromatic carbocycles. The third-order valence-electron chi connectivity index (χ3n) is 4.41. The number of carbonyl (C=O) groups excluding carboxylic acids is 1. The van der Waals surface area contributed by atoms with E-state index in [4.69, 9.17) is 5.73 Å². The zero-order valence-corrected chi connectivity index (χ0v) is 18.4. The summed E-state index contributed by atoms with van der Waals surface area (Å²) < 4.78 is 13.0. The van der Waals surface area contributed by atoms with Gasteiger partial charge in [0.25, 0.3) is 0 Å². The van der Waals surface area contributed by atoms with Crippen molar-refractivity contribution >= 4 is 47.6 Å². The number of guanidine groups is 1. The fraction of sp³-hybridized carbons (Fsp3) is 0.556. The van der Waals surface area contributed by atoms with E-state index in [1.165, 1.54) is 12.1 Å². The second-order valence-corrected chi connectivity index (χ2v) is 7.61. The van der Waals surface area contributed by atoms with E-state index in [0.717, 1.165) is 36.8 Å². The van der Waals surface area contributed by atoms with Crippen LogP contribution in [-0.4, -0.2) is 54.5 Å². The van der Waals surface area contributed by atoms with Crippen molar-refractivity contribution in [1.82, 2.24) is 10.2 Å². The summed E-state index contributed by atoms with van der Waals surface area (Å²) in [5.74, 6) is 0.861. The van der Waals surface area contributed by atoms with E-state index in [2.05, 4.69) is 22.1 Å². The summed E-state index contributed by atoms with van der Waals surface area (Å²) in [5, 5.41) is 3.90. The second kappa shape index (κ2) is 11.6. The van der Waals surface area contributed by atoms with Gasteiger partial charge in [-0.25, -0.2) is 4.39 Å². The lowest BCUT2D eigenvalue weighted by atomic mass is 9.98. The Balaban J connectivity index is 0.00000338. The zero-order chi connectivity index (χ0) is 18.2. The molecule has 1 aliphatic heterocycles. The molecule has 1 fully saturated rings. The number of halogens is 2. The first-order valence-electron chi connectivity index (χ1n) is 8.64. The first-order valence-corrected chi connectivity index (χ1v) is 9.69. The summed E-state index contributed by atoms with van der Waals surface area (Å²) in [5.41, 5.74) is 6.45. The van der Waals surface area contributed by atoms with Crippen LogP contribution in [0.2, 0.25) is 0 Å². The summed E-state index contributed by atoms with van der Waals surface area (Å²) in [4.78, 5) is 18.4. The van der Waals surface area contributed by atoms with Crippen LogP contribution < -0.4 is 11.1 Å². The molecule has 1 saturated heterocycles. The van der Waals surface area contributed by atoms with Crippen molar-refractivity contribution in [3.8, 4) is 0 Å². The topological polar surface area (TPSA) is 70.7 Å². The fourth-order valence-electron chi connectivity index (χ4n) is 2.88. The van der Waals surface area contributed by atoms with Crippen molar-refractivity contribution in [3.05, 3.63) is 35.6 Å². The summed E-state index contributed by atoms with van der Waals surface area (Å²) >= 11 is 2.00. The van der Waals surface area contributed by atoms with Crippen molar-refractivity contribution in [2.45, 2.75) is 25.0 Å². The van der Waals surface area contributed by atoms with Crippen LogP contribution in [0.4, 0.5) is 4.39 Å². The van der Waals surface area contributed by atoms with E-state index in [0.29, 0.717) is 18.2 Å². The number of thioether (sulfide) groups is 1. The number of primary amides is 1. The smallest absolute Gasteiger partial charge is 0.222 e. The van der Waals surface area contributed by atoms with Gasteiger partial charge in [0, 0.05) is 37.7 Å². The predicted octanol–water partition coefficient (Wildman–Crippen LogP) is 2.49. The van der Waals surface area contributed by atoms with Gasteiger partial charge >= 0.3 is 0 Å². The lowest BCUT2D eigenvalue weighted by Crippen LogP contribution is -2.50. The molecule has 0 aromatic heterocycles. The average molecular weight is 494 g/mol. The molecule has 1 aromatic rings. The molecule has 0 saturated carbocycles. The number of aliphatic imine (C=N–C) groups is 1. The Morgan fingerprint density at radius 3 is 2.73 bits per heavy atom. The van der Waals surface area contributed by atoms with Crippen LogP contribution in [0.25, 0.3) is 0 Å². The Kier molecular flexibility index (Phi) is 10.3. The number of amides is 1. The Hall–Kier alpha value is -1.03. The number of rotatable bonds is 6. The SMILES string of the molecule is CCC1CN(C(=NC)NCC(Cc2ccc(F)cc2)C(N)=O)CCS1.I. The van der Waals surface area contributed by atoms with Crippen LogP contribution in [0, 0.1) is 11.7 Å². The molecule has 1 aliphatic rings. The van der Waals surface area contributed by atoms with Gasteiger partial charge in [0.1, 0.15) is 5.82 Å². The van der Waals surface area contributed by atoms with Crippen LogP contribution in [0.3, 0.4) is 0 Å². The van der Waals surface area contributed by atoms with Gasteiger partial charge < -0.3 is 16.0 Å². The molecule has 2 unspecified atom stereocenters. The quantitative estimate of drug-likeness (QED) is 0.362. The maximum absolute atomic E-state index is 13.0. The molecule has 0 radical (unpaired) electrons. The molecule has 5 nitrogen and oxygen atoms in total. The molecular formula is C18H28FIN4OS. The van der Waals surface area contributed by atoms with Crippen LogP contribution in [0.1, 0.15) is 18.9 Å². The second-order valence-electron chi connectivity index (χ2n) is 6.21. The maximum atomic E-state index is 13.0. The molecule has 0 bridgehead atoms. The van der Waals surface area contributed by atoms with Crippen molar-refractivity contribution < 1.29 is 9.18 Å². The normalized spacial score (nSPS) is 18.8. The van der Waals surface area contributed by atoms with Gasteiger partial charge in [-0.15, -0.1) is 24.0 Å². The Bertz CT molecular complexity index is 599. The van der Waals surface area contributed by atoms with Crippen LogP contribution in [-0.2, 0) is 11.2 Å². The molecule has 0 spiro atoms. The molecule has 2 atom stereocenters. The van der Waals surface area contributed by atoms with Crippen molar-refractivity contribution in [2.24, 2.45) is 16.6 Å². The molecule has 1 amide bonds.